The van der Waals surface area contributed by atoms with Crippen LogP contribution in [0.3, 0.4) is 0 Å². The normalized spacial score (nSPS) is 13.6. The monoisotopic (exact) mass is 1050 g/mol. The molecule has 0 spiro atoms. The third-order valence-corrected chi connectivity index (χ3v) is 14.6. The van der Waals surface area contributed by atoms with Crippen molar-refractivity contribution in [3.05, 3.63) is 48.6 Å². The number of phosphoric acid groups is 1. The van der Waals surface area contributed by atoms with Gasteiger partial charge < -0.3 is 18.9 Å². The van der Waals surface area contributed by atoms with Gasteiger partial charge in [-0.3, -0.25) is 18.6 Å². The van der Waals surface area contributed by atoms with Crippen LogP contribution in [-0.4, -0.2) is 74.9 Å². The standard InChI is InChI=1S/C63H118NO8P/c1-6-8-10-12-14-16-18-20-22-24-25-26-27-28-29-30-31-32-33-34-35-36-37-38-40-41-43-45-47-49-51-53-55-62(65)69-59-61(60-71-73(67,68)70-58-57-64(3,4)5)72-63(66)56-54-52-50-48-46-44-42-39-23-21-19-17-15-13-11-9-7-2/h9,11,15,17,21,23,42,44,61H,6-8,10,12-14,16,18-20,22,24-41,43,45-60H2,1-5H3/p+1/b11-9-,17-15-,23-21-,44-42-. The van der Waals surface area contributed by atoms with Crippen LogP contribution in [0.25, 0.3) is 0 Å². The fourth-order valence-electron chi connectivity index (χ4n) is 8.89. The van der Waals surface area contributed by atoms with Gasteiger partial charge in [-0.2, -0.15) is 0 Å². The summed E-state index contributed by atoms with van der Waals surface area (Å²) in [5.74, 6) is -0.815. The average molecular weight is 1050 g/mol. The Morgan fingerprint density at radius 2 is 0.781 bits per heavy atom. The molecule has 0 bridgehead atoms. The summed E-state index contributed by atoms with van der Waals surface area (Å²) in [4.78, 5) is 35.7. The predicted octanol–water partition coefficient (Wildman–Crippen LogP) is 19.3. The summed E-state index contributed by atoms with van der Waals surface area (Å²) in [5, 5.41) is 0. The van der Waals surface area contributed by atoms with E-state index in [0.717, 1.165) is 70.6 Å². The number of allylic oxidation sites excluding steroid dienone is 8. The first-order valence-corrected chi connectivity index (χ1v) is 32.4. The third kappa shape index (κ3) is 59.1. The number of ether oxygens (including phenoxy) is 2. The minimum absolute atomic E-state index is 0.0265. The second kappa shape index (κ2) is 54.7. The molecule has 0 saturated carbocycles. The van der Waals surface area contributed by atoms with E-state index in [2.05, 4.69) is 62.5 Å². The van der Waals surface area contributed by atoms with E-state index in [9.17, 15) is 19.0 Å². The van der Waals surface area contributed by atoms with Crippen LogP contribution in [-0.2, 0) is 32.7 Å². The van der Waals surface area contributed by atoms with Gasteiger partial charge in [0.2, 0.25) is 0 Å². The van der Waals surface area contributed by atoms with Crippen LogP contribution in [0.15, 0.2) is 48.6 Å². The Kier molecular flexibility index (Phi) is 53.2. The quantitative estimate of drug-likeness (QED) is 0.0211. The fourth-order valence-corrected chi connectivity index (χ4v) is 9.63. The van der Waals surface area contributed by atoms with Crippen molar-refractivity contribution in [2.24, 2.45) is 0 Å². The number of nitrogens with zero attached hydrogens (tertiary/aromatic N) is 1. The first kappa shape index (κ1) is 71.0. The molecule has 2 atom stereocenters. The molecule has 73 heavy (non-hydrogen) atoms. The number of phosphoric ester groups is 1. The largest absolute Gasteiger partial charge is 0.472 e. The van der Waals surface area contributed by atoms with Gasteiger partial charge in [0.1, 0.15) is 19.8 Å². The van der Waals surface area contributed by atoms with E-state index >= 15 is 0 Å². The highest BCUT2D eigenvalue weighted by Crippen LogP contribution is 2.43. The molecular weight excluding hydrogens is 930 g/mol. The van der Waals surface area contributed by atoms with Gasteiger partial charge >= 0.3 is 19.8 Å². The number of esters is 2. The van der Waals surface area contributed by atoms with E-state index < -0.39 is 26.5 Å². The predicted molar refractivity (Wildman–Crippen MR) is 312 cm³/mol. The molecule has 0 rings (SSSR count). The van der Waals surface area contributed by atoms with Crippen molar-refractivity contribution in [2.45, 2.75) is 296 Å². The molecule has 0 saturated heterocycles. The van der Waals surface area contributed by atoms with Gasteiger partial charge in [0.05, 0.1) is 27.7 Å². The van der Waals surface area contributed by atoms with Crippen LogP contribution in [0.1, 0.15) is 290 Å². The average Bonchev–Trinajstić information content (AvgIpc) is 3.35. The maximum Gasteiger partial charge on any atom is 0.472 e. The second-order valence-corrected chi connectivity index (χ2v) is 23.5. The Bertz CT molecular complexity index is 1370. The molecule has 0 aliphatic carbocycles. The zero-order valence-corrected chi connectivity index (χ0v) is 49.5. The molecule has 0 aliphatic heterocycles. The number of likely N-dealkylation sites (N-methyl/N-ethyl adjacent to an activating group) is 1. The molecule has 10 heteroatoms. The van der Waals surface area contributed by atoms with Crippen LogP contribution >= 0.6 is 7.82 Å². The van der Waals surface area contributed by atoms with Gasteiger partial charge in [-0.25, -0.2) is 4.57 Å². The van der Waals surface area contributed by atoms with Crippen molar-refractivity contribution in [1.29, 1.82) is 0 Å². The number of hydrogen-bond donors (Lipinski definition) is 1. The van der Waals surface area contributed by atoms with E-state index in [-0.39, 0.29) is 32.0 Å². The summed E-state index contributed by atoms with van der Waals surface area (Å²) in [6.45, 7) is 4.33. The number of carbonyl (C=O) groups is 2. The molecule has 0 aliphatic rings. The minimum Gasteiger partial charge on any atom is -0.462 e. The van der Waals surface area contributed by atoms with E-state index in [0.29, 0.717) is 17.4 Å². The van der Waals surface area contributed by atoms with Crippen LogP contribution in [0, 0.1) is 0 Å². The highest BCUT2D eigenvalue weighted by atomic mass is 31.2. The zero-order valence-electron chi connectivity index (χ0n) is 48.6. The van der Waals surface area contributed by atoms with E-state index in [4.69, 9.17) is 18.5 Å². The van der Waals surface area contributed by atoms with E-state index in [1.807, 2.05) is 21.1 Å². The van der Waals surface area contributed by atoms with Crippen LogP contribution < -0.4 is 0 Å². The lowest BCUT2D eigenvalue weighted by Crippen LogP contribution is -2.37. The molecule has 9 nitrogen and oxygen atoms in total. The van der Waals surface area contributed by atoms with Crippen LogP contribution in [0.5, 0.6) is 0 Å². The minimum atomic E-state index is -4.39. The molecule has 0 heterocycles. The molecule has 0 aromatic carbocycles. The number of unbranched alkanes of at least 4 members (excludes halogenated alkanes) is 35. The summed E-state index contributed by atoms with van der Waals surface area (Å²) in [7, 11) is 1.47. The van der Waals surface area contributed by atoms with Gasteiger partial charge in [0.15, 0.2) is 6.10 Å². The summed E-state index contributed by atoms with van der Waals surface area (Å²) < 4.78 is 34.5. The highest BCUT2D eigenvalue weighted by Gasteiger charge is 2.27. The van der Waals surface area contributed by atoms with Crippen LogP contribution in [0.4, 0.5) is 0 Å². The zero-order chi connectivity index (χ0) is 53.5. The van der Waals surface area contributed by atoms with E-state index in [1.165, 1.54) is 186 Å². The molecule has 1 N–H and O–H groups in total. The molecule has 0 amide bonds. The lowest BCUT2D eigenvalue weighted by molar-refractivity contribution is -0.870. The van der Waals surface area contributed by atoms with Gasteiger partial charge in [-0.1, -0.05) is 274 Å². The number of hydrogen-bond acceptors (Lipinski definition) is 7. The maximum absolute atomic E-state index is 12.8. The Labute approximate surface area is 452 Å². The maximum atomic E-state index is 12.8. The summed E-state index contributed by atoms with van der Waals surface area (Å²) in [6, 6.07) is 0. The molecule has 0 radical (unpaired) electrons. The Morgan fingerprint density at radius 1 is 0.438 bits per heavy atom. The number of rotatable bonds is 57. The van der Waals surface area contributed by atoms with Crippen molar-refractivity contribution >= 4 is 19.8 Å². The topological polar surface area (TPSA) is 108 Å². The Morgan fingerprint density at radius 3 is 1.16 bits per heavy atom. The van der Waals surface area contributed by atoms with Crippen molar-refractivity contribution in [2.75, 3.05) is 47.5 Å². The smallest absolute Gasteiger partial charge is 0.462 e. The highest BCUT2D eigenvalue weighted by molar-refractivity contribution is 7.47. The second-order valence-electron chi connectivity index (χ2n) is 22.1. The van der Waals surface area contributed by atoms with Gasteiger partial charge in [-0.05, 0) is 51.4 Å². The third-order valence-electron chi connectivity index (χ3n) is 13.6. The number of quaternary nitrogens is 1. The molecule has 0 fully saturated rings. The molecule has 428 valence electrons. The molecule has 0 aromatic rings. The summed E-state index contributed by atoms with van der Waals surface area (Å²) >= 11 is 0. The first-order valence-electron chi connectivity index (χ1n) is 30.9. The summed E-state index contributed by atoms with van der Waals surface area (Å²) in [5.41, 5.74) is 0. The van der Waals surface area contributed by atoms with Crippen molar-refractivity contribution in [3.63, 3.8) is 0 Å². The first-order chi connectivity index (χ1) is 35.5. The van der Waals surface area contributed by atoms with Crippen molar-refractivity contribution in [1.82, 2.24) is 0 Å². The van der Waals surface area contributed by atoms with Gasteiger partial charge in [0.25, 0.3) is 0 Å². The van der Waals surface area contributed by atoms with E-state index in [1.54, 1.807) is 0 Å². The Balaban J connectivity index is 4.01. The lowest BCUT2D eigenvalue weighted by Gasteiger charge is -2.24. The lowest BCUT2D eigenvalue weighted by atomic mass is 10.0. The SMILES string of the molecule is CC/C=C\C/C=C\C/C=C\C/C=C\CCCCCCC(=O)OC(COC(=O)CCCCCCCCCCCCCCCCCCCCCCCCCCCCCCCCCC)COP(=O)(O)OCC[N+](C)(C)C. The molecule has 2 unspecified atom stereocenters. The Hall–Kier alpha value is -2.03. The van der Waals surface area contributed by atoms with Gasteiger partial charge in [-0.15, -0.1) is 0 Å². The van der Waals surface area contributed by atoms with Gasteiger partial charge in [0, 0.05) is 12.8 Å². The molecular formula is C63H119NO8P+. The van der Waals surface area contributed by atoms with Crippen molar-refractivity contribution in [3.8, 4) is 0 Å². The number of carbonyl (C=O) groups excluding carboxylic acids is 2. The fraction of sp³-hybridized carbons (Fsp3) is 0.841. The molecule has 0 aromatic heterocycles. The van der Waals surface area contributed by atoms with Crippen molar-refractivity contribution < 1.29 is 42.1 Å². The summed E-state index contributed by atoms with van der Waals surface area (Å²) in [6.07, 6.45) is 69.3. The van der Waals surface area contributed by atoms with Crippen LogP contribution in [0.2, 0.25) is 0 Å².